The van der Waals surface area contributed by atoms with Gasteiger partial charge in [-0.25, -0.2) is 18.1 Å². The fraction of sp³-hybridized carbons (Fsp3) is 0.391. The Morgan fingerprint density at radius 2 is 1.67 bits per heavy atom. The maximum absolute atomic E-state index is 13.1. The largest absolute Gasteiger partial charge is 0.270 e. The number of carbonyl (C=O) groups is 2. The zero-order chi connectivity index (χ0) is 24.1. The Kier molecular flexibility index (Phi) is 5.52. The van der Waals surface area contributed by atoms with Gasteiger partial charge in [-0.2, -0.15) is 5.10 Å². The van der Waals surface area contributed by atoms with E-state index in [-0.39, 0.29) is 16.0 Å². The van der Waals surface area contributed by atoms with Crippen molar-refractivity contribution in [2.75, 3.05) is 6.26 Å². The molecule has 1 aromatic carbocycles. The highest BCUT2D eigenvalue weighted by Gasteiger charge is 2.30. The topological polar surface area (TPSA) is 123 Å². The molecule has 2 heterocycles. The molecular weight excluding hydrogens is 442 g/mol. The van der Waals surface area contributed by atoms with Crippen LogP contribution in [0.15, 0.2) is 35.2 Å². The highest BCUT2D eigenvalue weighted by atomic mass is 32.2. The third kappa shape index (κ3) is 4.61. The van der Waals surface area contributed by atoms with Crippen LogP contribution in [-0.2, 0) is 15.4 Å². The zero-order valence-corrected chi connectivity index (χ0v) is 20.1. The molecule has 0 bridgehead atoms. The molecule has 3 aromatic rings. The Labute approximate surface area is 192 Å². The predicted octanol–water partition coefficient (Wildman–Crippen LogP) is 2.85. The molecule has 0 unspecified atom stereocenters. The number of rotatable bonds is 4. The third-order valence-electron chi connectivity index (χ3n) is 5.54. The lowest BCUT2D eigenvalue weighted by molar-refractivity contribution is 0.0847. The van der Waals surface area contributed by atoms with Gasteiger partial charge < -0.3 is 0 Å². The average Bonchev–Trinajstić information content (AvgIpc) is 3.53. The lowest BCUT2D eigenvalue weighted by atomic mass is 10.1. The van der Waals surface area contributed by atoms with Crippen LogP contribution in [0.25, 0.3) is 11.0 Å². The number of hydrazine groups is 1. The molecule has 1 aliphatic rings. The van der Waals surface area contributed by atoms with E-state index in [9.17, 15) is 18.0 Å². The maximum Gasteiger partial charge on any atom is 0.270 e. The molecule has 1 saturated carbocycles. The monoisotopic (exact) mass is 469 g/mol. The molecule has 2 aromatic heterocycles. The number of sulfone groups is 1. The second-order valence-electron chi connectivity index (χ2n) is 9.44. The minimum atomic E-state index is -3.36. The molecule has 0 aliphatic heterocycles. The van der Waals surface area contributed by atoms with Crippen LogP contribution < -0.4 is 10.9 Å². The molecule has 1 fully saturated rings. The minimum absolute atomic E-state index is 0.112. The molecule has 1 aliphatic carbocycles. The molecule has 2 amide bonds. The van der Waals surface area contributed by atoms with Gasteiger partial charge in [0.1, 0.15) is 0 Å². The van der Waals surface area contributed by atoms with Crippen molar-refractivity contribution in [2.45, 2.75) is 56.9 Å². The van der Waals surface area contributed by atoms with E-state index in [1.807, 2.05) is 32.4 Å². The second kappa shape index (κ2) is 7.95. The number of aryl methyl sites for hydroxylation is 1. The third-order valence-corrected chi connectivity index (χ3v) is 6.67. The van der Waals surface area contributed by atoms with Crippen molar-refractivity contribution in [3.05, 3.63) is 52.8 Å². The van der Waals surface area contributed by atoms with Gasteiger partial charge in [-0.1, -0.05) is 0 Å². The number of amides is 2. The molecule has 9 nitrogen and oxygen atoms in total. The number of nitrogens with one attached hydrogen (secondary N) is 2. The number of fused-ring (bicyclic) bond motifs is 1. The fourth-order valence-electron chi connectivity index (χ4n) is 3.65. The van der Waals surface area contributed by atoms with Crippen LogP contribution in [0.2, 0.25) is 0 Å². The fourth-order valence-corrected chi connectivity index (χ4v) is 4.28. The smallest absolute Gasteiger partial charge is 0.267 e. The van der Waals surface area contributed by atoms with Gasteiger partial charge in [0.05, 0.1) is 27.1 Å². The van der Waals surface area contributed by atoms with Crippen LogP contribution in [0, 0.1) is 6.92 Å². The lowest BCUT2D eigenvalue weighted by Crippen LogP contribution is -2.41. The Hall–Kier alpha value is -3.27. The number of benzene rings is 1. The summed E-state index contributed by atoms with van der Waals surface area (Å²) >= 11 is 0. The zero-order valence-electron chi connectivity index (χ0n) is 19.3. The van der Waals surface area contributed by atoms with E-state index >= 15 is 0 Å². The molecule has 10 heteroatoms. The van der Waals surface area contributed by atoms with E-state index in [4.69, 9.17) is 4.98 Å². The van der Waals surface area contributed by atoms with E-state index in [0.29, 0.717) is 28.2 Å². The first kappa shape index (κ1) is 22.9. The van der Waals surface area contributed by atoms with Gasteiger partial charge in [-0.05, 0) is 70.9 Å². The van der Waals surface area contributed by atoms with E-state index < -0.39 is 21.7 Å². The molecule has 0 atom stereocenters. The van der Waals surface area contributed by atoms with Gasteiger partial charge in [0.15, 0.2) is 15.5 Å². The first-order valence-electron chi connectivity index (χ1n) is 10.7. The summed E-state index contributed by atoms with van der Waals surface area (Å²) in [6, 6.07) is 7.27. The SMILES string of the molecule is Cc1nn(C(C)(C)C)c2nc(C3CC3)cc(C(=O)NNC(=O)c3ccc(S(C)(=O)=O)cc3)c12. The number of hydrogen-bond acceptors (Lipinski definition) is 6. The van der Waals surface area contributed by atoms with Crippen LogP contribution in [0.4, 0.5) is 0 Å². The maximum atomic E-state index is 13.1. The number of hydrogen-bond donors (Lipinski definition) is 2. The van der Waals surface area contributed by atoms with Crippen molar-refractivity contribution in [1.29, 1.82) is 0 Å². The number of pyridine rings is 1. The summed E-state index contributed by atoms with van der Waals surface area (Å²) in [5.74, 6) is -0.701. The van der Waals surface area contributed by atoms with E-state index in [2.05, 4.69) is 16.0 Å². The second-order valence-corrected chi connectivity index (χ2v) is 11.5. The van der Waals surface area contributed by atoms with Gasteiger partial charge in [0, 0.05) is 23.4 Å². The first-order valence-corrected chi connectivity index (χ1v) is 12.6. The Bertz CT molecular complexity index is 1360. The molecule has 0 saturated heterocycles. The normalized spacial score (nSPS) is 14.3. The number of nitrogens with zero attached hydrogens (tertiary/aromatic N) is 3. The quantitative estimate of drug-likeness (QED) is 0.567. The molecular formula is C23H27N5O4S. The van der Waals surface area contributed by atoms with Gasteiger partial charge >= 0.3 is 0 Å². The average molecular weight is 470 g/mol. The lowest BCUT2D eigenvalue weighted by Gasteiger charge is -2.20. The Balaban J connectivity index is 1.61. The highest BCUT2D eigenvalue weighted by Crippen LogP contribution is 2.40. The molecule has 174 valence electrons. The van der Waals surface area contributed by atoms with Crippen molar-refractivity contribution >= 4 is 32.7 Å². The van der Waals surface area contributed by atoms with Crippen LogP contribution >= 0.6 is 0 Å². The van der Waals surface area contributed by atoms with Crippen molar-refractivity contribution < 1.29 is 18.0 Å². The van der Waals surface area contributed by atoms with E-state index in [1.165, 1.54) is 24.3 Å². The summed E-state index contributed by atoms with van der Waals surface area (Å²) in [5, 5.41) is 5.28. The summed E-state index contributed by atoms with van der Waals surface area (Å²) in [4.78, 5) is 30.5. The molecule has 0 spiro atoms. The van der Waals surface area contributed by atoms with Gasteiger partial charge in [0.25, 0.3) is 11.8 Å². The van der Waals surface area contributed by atoms with Gasteiger partial charge in [-0.3, -0.25) is 20.4 Å². The number of aromatic nitrogens is 3. The summed E-state index contributed by atoms with van der Waals surface area (Å²) in [5.41, 5.74) is 7.37. The summed E-state index contributed by atoms with van der Waals surface area (Å²) in [6.07, 6.45) is 3.16. The van der Waals surface area contributed by atoms with Crippen LogP contribution in [0.5, 0.6) is 0 Å². The van der Waals surface area contributed by atoms with Crippen molar-refractivity contribution in [1.82, 2.24) is 25.6 Å². The Morgan fingerprint density at radius 3 is 2.21 bits per heavy atom. The number of carbonyl (C=O) groups excluding carboxylic acids is 2. The van der Waals surface area contributed by atoms with Gasteiger partial charge in [-0.15, -0.1) is 0 Å². The van der Waals surface area contributed by atoms with Crippen LogP contribution in [-0.4, -0.2) is 41.3 Å². The first-order chi connectivity index (χ1) is 15.4. The van der Waals surface area contributed by atoms with E-state index in [0.717, 1.165) is 24.8 Å². The van der Waals surface area contributed by atoms with Gasteiger partial charge in [0.2, 0.25) is 0 Å². The highest BCUT2D eigenvalue weighted by molar-refractivity contribution is 7.90. The van der Waals surface area contributed by atoms with E-state index in [1.54, 1.807) is 6.07 Å². The van der Waals surface area contributed by atoms with Crippen molar-refractivity contribution in [3.8, 4) is 0 Å². The molecule has 4 rings (SSSR count). The standard InChI is InChI=1S/C23H27N5O4S/c1-13-19-17(12-18(14-6-7-14)24-20(19)28(27-13)23(2,3)4)22(30)26-25-21(29)15-8-10-16(11-9-15)33(5,31)32/h8-12,14H,6-7H2,1-5H3,(H,25,29)(H,26,30). The summed E-state index contributed by atoms with van der Waals surface area (Å²) < 4.78 is 25.0. The Morgan fingerprint density at radius 1 is 1.06 bits per heavy atom. The predicted molar refractivity (Wildman–Crippen MR) is 124 cm³/mol. The van der Waals surface area contributed by atoms with Crippen LogP contribution in [0.3, 0.4) is 0 Å². The van der Waals surface area contributed by atoms with Crippen molar-refractivity contribution in [3.63, 3.8) is 0 Å². The molecule has 0 radical (unpaired) electrons. The summed E-state index contributed by atoms with van der Waals surface area (Å²) in [7, 11) is -3.36. The molecule has 33 heavy (non-hydrogen) atoms. The van der Waals surface area contributed by atoms with Crippen molar-refractivity contribution in [2.24, 2.45) is 0 Å². The molecule has 2 N–H and O–H groups in total. The van der Waals surface area contributed by atoms with Crippen LogP contribution in [0.1, 0.15) is 71.6 Å². The minimum Gasteiger partial charge on any atom is -0.267 e. The summed E-state index contributed by atoms with van der Waals surface area (Å²) in [6.45, 7) is 7.92.